The number of allylic oxidation sites excluding steroid dienone is 1. The van der Waals surface area contributed by atoms with E-state index in [1.807, 2.05) is 12.4 Å². The van der Waals surface area contributed by atoms with Crippen LogP contribution in [0.4, 0.5) is 45.8 Å². The Morgan fingerprint density at radius 1 is 0.468 bits per heavy atom. The first-order valence-electron chi connectivity index (χ1n) is 16.4. The van der Waals surface area contributed by atoms with Crippen LogP contribution in [0.2, 0.25) is 0 Å². The van der Waals surface area contributed by atoms with Crippen molar-refractivity contribution in [3.63, 3.8) is 0 Å². The van der Waals surface area contributed by atoms with Gasteiger partial charge in [-0.3, -0.25) is 0 Å². The van der Waals surface area contributed by atoms with Gasteiger partial charge in [0.05, 0.1) is 17.1 Å². The SMILES string of the molecule is C1=Cc2ccccc2N2c3ncccc3N(c3ccccc3)C2C2C(C1)c1ccccc1N1c3cccnc3N(c3ccccc3)C21. The molecule has 4 unspecified atom stereocenters. The van der Waals surface area contributed by atoms with Crippen LogP contribution in [0, 0.1) is 5.92 Å². The highest BCUT2D eigenvalue weighted by Gasteiger charge is 2.57. The Bertz CT molecular complexity index is 2150. The van der Waals surface area contributed by atoms with Crippen LogP contribution in [0.15, 0.2) is 152 Å². The second-order valence-corrected chi connectivity index (χ2v) is 12.6. The van der Waals surface area contributed by atoms with Gasteiger partial charge in [-0.15, -0.1) is 0 Å². The van der Waals surface area contributed by atoms with Crippen molar-refractivity contribution in [1.29, 1.82) is 0 Å². The number of hydrogen-bond acceptors (Lipinski definition) is 6. The van der Waals surface area contributed by atoms with Gasteiger partial charge in [-0.05, 0) is 84.1 Å². The van der Waals surface area contributed by atoms with Gasteiger partial charge in [0.15, 0.2) is 11.6 Å². The molecule has 0 saturated heterocycles. The van der Waals surface area contributed by atoms with E-state index in [0.29, 0.717) is 0 Å². The second-order valence-electron chi connectivity index (χ2n) is 12.6. The number of pyridine rings is 2. The summed E-state index contributed by atoms with van der Waals surface area (Å²) in [6.45, 7) is 0. The van der Waals surface area contributed by atoms with E-state index in [1.54, 1.807) is 0 Å². The fraction of sp³-hybridized carbons (Fsp3) is 0.122. The first kappa shape index (κ1) is 26.3. The van der Waals surface area contributed by atoms with Gasteiger partial charge in [0.1, 0.15) is 12.3 Å². The van der Waals surface area contributed by atoms with E-state index >= 15 is 0 Å². The lowest BCUT2D eigenvalue weighted by molar-refractivity contribution is 0.290. The molecule has 4 aliphatic rings. The molecule has 0 spiro atoms. The zero-order chi connectivity index (χ0) is 30.9. The molecule has 0 radical (unpaired) electrons. The van der Waals surface area contributed by atoms with E-state index in [0.717, 1.165) is 46.5 Å². The summed E-state index contributed by atoms with van der Waals surface area (Å²) in [5.41, 5.74) is 9.53. The van der Waals surface area contributed by atoms with Crippen molar-refractivity contribution >= 4 is 51.8 Å². The molecule has 2 aromatic heterocycles. The van der Waals surface area contributed by atoms with Gasteiger partial charge in [0.2, 0.25) is 0 Å². The molecule has 4 atom stereocenters. The van der Waals surface area contributed by atoms with Crippen LogP contribution >= 0.6 is 0 Å². The monoisotopic (exact) mass is 608 g/mol. The maximum Gasteiger partial charge on any atom is 0.158 e. The Morgan fingerprint density at radius 3 is 1.77 bits per heavy atom. The van der Waals surface area contributed by atoms with Crippen molar-refractivity contribution in [1.82, 2.24) is 9.97 Å². The number of aromatic nitrogens is 2. The molecule has 6 nitrogen and oxygen atoms in total. The predicted molar refractivity (Wildman–Crippen MR) is 190 cm³/mol. The highest BCUT2D eigenvalue weighted by Crippen LogP contribution is 2.61. The quantitative estimate of drug-likeness (QED) is 0.195. The molecule has 4 aromatic carbocycles. The van der Waals surface area contributed by atoms with Crippen LogP contribution in [0.3, 0.4) is 0 Å². The minimum Gasteiger partial charge on any atom is -0.316 e. The van der Waals surface area contributed by atoms with Crippen LogP contribution in [0.25, 0.3) is 6.08 Å². The molecule has 6 heterocycles. The number of nitrogens with zero attached hydrogens (tertiary/aromatic N) is 6. The van der Waals surface area contributed by atoms with Crippen LogP contribution in [-0.2, 0) is 0 Å². The minimum absolute atomic E-state index is 0.0612. The summed E-state index contributed by atoms with van der Waals surface area (Å²) < 4.78 is 0. The summed E-state index contributed by atoms with van der Waals surface area (Å²) in [5, 5.41) is 0. The third-order valence-electron chi connectivity index (χ3n) is 10.3. The molecular weight excluding hydrogens is 576 g/mol. The number of benzene rings is 4. The van der Waals surface area contributed by atoms with Gasteiger partial charge in [-0.25, -0.2) is 9.97 Å². The fourth-order valence-electron chi connectivity index (χ4n) is 8.52. The molecule has 4 aliphatic heterocycles. The predicted octanol–water partition coefficient (Wildman–Crippen LogP) is 9.54. The third kappa shape index (κ3) is 3.78. The Balaban J connectivity index is 1.31. The molecule has 226 valence electrons. The largest absolute Gasteiger partial charge is 0.316 e. The summed E-state index contributed by atoms with van der Waals surface area (Å²) in [7, 11) is 0. The van der Waals surface area contributed by atoms with Gasteiger partial charge >= 0.3 is 0 Å². The Kier molecular flexibility index (Phi) is 5.79. The molecule has 0 amide bonds. The van der Waals surface area contributed by atoms with E-state index in [-0.39, 0.29) is 24.2 Å². The van der Waals surface area contributed by atoms with E-state index in [4.69, 9.17) is 9.97 Å². The Morgan fingerprint density at radius 2 is 1.02 bits per heavy atom. The van der Waals surface area contributed by atoms with Crippen LogP contribution in [0.1, 0.15) is 23.5 Å². The van der Waals surface area contributed by atoms with Gasteiger partial charge in [0, 0.05) is 35.4 Å². The lowest BCUT2D eigenvalue weighted by Crippen LogP contribution is -2.59. The van der Waals surface area contributed by atoms with Crippen LogP contribution in [-0.4, -0.2) is 22.3 Å². The zero-order valence-corrected chi connectivity index (χ0v) is 25.7. The zero-order valence-electron chi connectivity index (χ0n) is 25.7. The molecule has 0 fully saturated rings. The molecule has 10 rings (SSSR count). The first-order chi connectivity index (χ1) is 23.4. The average Bonchev–Trinajstić information content (AvgIpc) is 3.67. The molecule has 6 aromatic rings. The lowest BCUT2D eigenvalue weighted by Gasteiger charge is -2.51. The van der Waals surface area contributed by atoms with Crippen molar-refractivity contribution in [3.8, 4) is 0 Å². The number of hydrogen-bond donors (Lipinski definition) is 0. The normalized spacial score (nSPS) is 21.7. The summed E-state index contributed by atoms with van der Waals surface area (Å²) in [6.07, 6.45) is 9.31. The number of rotatable bonds is 2. The molecule has 0 saturated carbocycles. The molecule has 0 aliphatic carbocycles. The number of anilines is 8. The van der Waals surface area contributed by atoms with Crippen molar-refractivity contribution in [2.24, 2.45) is 5.92 Å². The molecule has 0 N–H and O–H groups in total. The van der Waals surface area contributed by atoms with E-state index in [9.17, 15) is 0 Å². The summed E-state index contributed by atoms with van der Waals surface area (Å²) in [6, 6.07) is 48.1. The highest BCUT2D eigenvalue weighted by molar-refractivity contribution is 5.92. The summed E-state index contributed by atoms with van der Waals surface area (Å²) in [5.74, 6) is 2.24. The average molecular weight is 609 g/mol. The molecule has 47 heavy (non-hydrogen) atoms. The summed E-state index contributed by atoms with van der Waals surface area (Å²) >= 11 is 0. The maximum absolute atomic E-state index is 5.13. The third-order valence-corrected chi connectivity index (χ3v) is 10.3. The topological polar surface area (TPSA) is 38.7 Å². The molecular formula is C41H32N6. The van der Waals surface area contributed by atoms with Crippen molar-refractivity contribution in [2.45, 2.75) is 24.7 Å². The van der Waals surface area contributed by atoms with E-state index < -0.39 is 0 Å². The van der Waals surface area contributed by atoms with Crippen molar-refractivity contribution in [2.75, 3.05) is 19.6 Å². The standard InChI is InChI=1S/C41H32N6/c1-3-16-29(17-4-1)44-35-24-12-27-43-39(35)47-33-22-9-7-14-28(33)15-11-21-32-31-20-8-10-23-34(31)46-36-25-13-26-42-38(36)45(30-18-5-2-6-19-30)41(46)37(32)40(44)47/h1-20,22-27,32,37,40-41H,21H2. The number of para-hydroxylation sites is 4. The maximum atomic E-state index is 5.13. The summed E-state index contributed by atoms with van der Waals surface area (Å²) in [4.78, 5) is 20.3. The minimum atomic E-state index is -0.102. The van der Waals surface area contributed by atoms with Gasteiger partial charge in [-0.2, -0.15) is 0 Å². The van der Waals surface area contributed by atoms with Gasteiger partial charge < -0.3 is 19.6 Å². The lowest BCUT2D eigenvalue weighted by atomic mass is 9.74. The smallest absolute Gasteiger partial charge is 0.158 e. The van der Waals surface area contributed by atoms with E-state index in [2.05, 4.69) is 165 Å². The van der Waals surface area contributed by atoms with Crippen molar-refractivity contribution in [3.05, 3.63) is 163 Å². The van der Waals surface area contributed by atoms with Crippen LogP contribution < -0.4 is 19.6 Å². The highest BCUT2D eigenvalue weighted by atomic mass is 15.5. The van der Waals surface area contributed by atoms with Gasteiger partial charge in [-0.1, -0.05) is 84.9 Å². The van der Waals surface area contributed by atoms with Gasteiger partial charge in [0.25, 0.3) is 0 Å². The fourth-order valence-corrected chi connectivity index (χ4v) is 8.52. The van der Waals surface area contributed by atoms with E-state index in [1.165, 1.54) is 16.8 Å². The Labute approximate surface area is 274 Å². The molecule has 0 bridgehead atoms. The number of fused-ring (bicyclic) bond motifs is 14. The van der Waals surface area contributed by atoms with Crippen molar-refractivity contribution < 1.29 is 0 Å². The van der Waals surface area contributed by atoms with Crippen LogP contribution in [0.5, 0.6) is 0 Å². The Hall–Kier alpha value is -5.88. The molecule has 6 heteroatoms. The second kappa shape index (κ2) is 10.3. The first-order valence-corrected chi connectivity index (χ1v) is 16.4.